The predicted molar refractivity (Wildman–Crippen MR) is 97.4 cm³/mol. The zero-order valence-corrected chi connectivity index (χ0v) is 14.5. The van der Waals surface area contributed by atoms with Gasteiger partial charge in [-0.2, -0.15) is 0 Å². The Kier molecular flexibility index (Phi) is 5.17. The maximum Gasteiger partial charge on any atom is 0.234 e. The first-order valence-corrected chi connectivity index (χ1v) is 8.65. The number of aromatic amines is 1. The molecular formula is C17H15ClN4OS. The smallest absolute Gasteiger partial charge is 0.234 e. The largest absolute Gasteiger partial charge is 0.325 e. The third kappa shape index (κ3) is 4.15. The number of H-pyrrole nitrogens is 1. The lowest BCUT2D eigenvalue weighted by molar-refractivity contribution is -0.113. The van der Waals surface area contributed by atoms with E-state index in [4.69, 9.17) is 11.6 Å². The molecule has 3 aromatic rings. The Labute approximate surface area is 148 Å². The molecule has 0 spiro atoms. The molecule has 7 heteroatoms. The van der Waals surface area contributed by atoms with E-state index >= 15 is 0 Å². The summed E-state index contributed by atoms with van der Waals surface area (Å²) in [4.78, 5) is 16.4. The van der Waals surface area contributed by atoms with Crippen LogP contribution >= 0.6 is 23.4 Å². The van der Waals surface area contributed by atoms with Crippen LogP contribution in [0.15, 0.2) is 53.7 Å². The minimum Gasteiger partial charge on any atom is -0.325 e. The van der Waals surface area contributed by atoms with Gasteiger partial charge < -0.3 is 5.32 Å². The molecule has 0 bridgehead atoms. The lowest BCUT2D eigenvalue weighted by Gasteiger charge is -2.04. The third-order valence-electron chi connectivity index (χ3n) is 3.23. The van der Waals surface area contributed by atoms with Crippen LogP contribution in [0, 0.1) is 6.92 Å². The average Bonchev–Trinajstić information content (AvgIpc) is 3.02. The fraction of sp³-hybridized carbons (Fsp3) is 0.118. The van der Waals surface area contributed by atoms with Crippen LogP contribution in [0.4, 0.5) is 5.69 Å². The van der Waals surface area contributed by atoms with Crippen molar-refractivity contribution >= 4 is 35.0 Å². The van der Waals surface area contributed by atoms with E-state index in [1.165, 1.54) is 11.8 Å². The minimum atomic E-state index is -0.102. The van der Waals surface area contributed by atoms with Gasteiger partial charge in [-0.3, -0.25) is 9.89 Å². The Morgan fingerprint density at radius 2 is 2.08 bits per heavy atom. The van der Waals surface area contributed by atoms with E-state index in [1.807, 2.05) is 49.4 Å². The molecule has 0 unspecified atom stereocenters. The fourth-order valence-corrected chi connectivity index (χ4v) is 2.96. The lowest BCUT2D eigenvalue weighted by atomic mass is 10.2. The Balaban J connectivity index is 1.59. The van der Waals surface area contributed by atoms with Gasteiger partial charge in [0.05, 0.1) is 10.8 Å². The van der Waals surface area contributed by atoms with E-state index in [0.717, 1.165) is 16.8 Å². The number of carbonyl (C=O) groups excluding carboxylic acids is 1. The second-order valence-electron chi connectivity index (χ2n) is 5.15. The van der Waals surface area contributed by atoms with Gasteiger partial charge in [0, 0.05) is 11.3 Å². The number of benzene rings is 2. The Morgan fingerprint density at radius 3 is 2.88 bits per heavy atom. The quantitative estimate of drug-likeness (QED) is 0.672. The van der Waals surface area contributed by atoms with Crippen molar-refractivity contribution in [2.45, 2.75) is 12.1 Å². The molecule has 1 heterocycles. The molecule has 24 heavy (non-hydrogen) atoms. The Hall–Kier alpha value is -2.31. The molecule has 0 aliphatic heterocycles. The van der Waals surface area contributed by atoms with Crippen LogP contribution in [0.1, 0.15) is 5.56 Å². The number of hydrogen-bond donors (Lipinski definition) is 2. The van der Waals surface area contributed by atoms with Gasteiger partial charge in [-0.15, -0.1) is 5.10 Å². The molecule has 122 valence electrons. The van der Waals surface area contributed by atoms with Crippen LogP contribution in [0.5, 0.6) is 0 Å². The maximum absolute atomic E-state index is 12.0. The third-order valence-corrected chi connectivity index (χ3v) is 4.40. The number of amides is 1. The minimum absolute atomic E-state index is 0.102. The number of anilines is 1. The number of halogens is 1. The highest BCUT2D eigenvalue weighted by Gasteiger charge is 2.11. The van der Waals surface area contributed by atoms with Crippen molar-refractivity contribution in [3.8, 4) is 11.4 Å². The van der Waals surface area contributed by atoms with Gasteiger partial charge >= 0.3 is 0 Å². The van der Waals surface area contributed by atoms with Gasteiger partial charge in [-0.05, 0) is 36.8 Å². The van der Waals surface area contributed by atoms with Gasteiger partial charge in [-0.25, -0.2) is 4.98 Å². The predicted octanol–water partition coefficient (Wildman–Crippen LogP) is 4.16. The number of nitrogens with one attached hydrogen (secondary N) is 2. The molecule has 0 saturated carbocycles. The van der Waals surface area contributed by atoms with Crippen LogP contribution in [-0.4, -0.2) is 26.8 Å². The topological polar surface area (TPSA) is 70.7 Å². The summed E-state index contributed by atoms with van der Waals surface area (Å²) in [5, 5.41) is 10.9. The van der Waals surface area contributed by atoms with Crippen molar-refractivity contribution in [2.75, 3.05) is 11.1 Å². The summed E-state index contributed by atoms with van der Waals surface area (Å²) < 4.78 is 0. The van der Waals surface area contributed by atoms with Crippen molar-refractivity contribution in [2.24, 2.45) is 0 Å². The van der Waals surface area contributed by atoms with Gasteiger partial charge in [0.25, 0.3) is 0 Å². The standard InChI is InChI=1S/C17H15ClN4OS/c1-11-5-4-6-12(9-11)19-15(23)10-24-17-20-16(21-22-17)13-7-2-3-8-14(13)18/h2-9H,10H2,1H3,(H,19,23)(H,20,21,22). The van der Waals surface area contributed by atoms with Crippen molar-refractivity contribution in [3.05, 3.63) is 59.1 Å². The second kappa shape index (κ2) is 7.51. The van der Waals surface area contributed by atoms with Crippen LogP contribution in [-0.2, 0) is 4.79 Å². The Morgan fingerprint density at radius 1 is 1.25 bits per heavy atom. The van der Waals surface area contributed by atoms with E-state index in [0.29, 0.717) is 16.0 Å². The van der Waals surface area contributed by atoms with E-state index in [-0.39, 0.29) is 11.7 Å². The van der Waals surface area contributed by atoms with Gasteiger partial charge in [0.2, 0.25) is 11.1 Å². The highest BCUT2D eigenvalue weighted by atomic mass is 35.5. The van der Waals surface area contributed by atoms with Crippen molar-refractivity contribution < 1.29 is 4.79 Å². The van der Waals surface area contributed by atoms with Gasteiger partial charge in [-0.1, -0.05) is 47.6 Å². The molecule has 5 nitrogen and oxygen atoms in total. The van der Waals surface area contributed by atoms with Crippen LogP contribution in [0.25, 0.3) is 11.4 Å². The van der Waals surface area contributed by atoms with Crippen LogP contribution in [0.3, 0.4) is 0 Å². The molecule has 2 N–H and O–H groups in total. The number of aromatic nitrogens is 3. The second-order valence-corrected chi connectivity index (χ2v) is 6.50. The molecule has 0 atom stereocenters. The number of thioether (sulfide) groups is 1. The summed E-state index contributed by atoms with van der Waals surface area (Å²) in [7, 11) is 0. The van der Waals surface area contributed by atoms with Crippen LogP contribution in [0.2, 0.25) is 5.02 Å². The molecule has 3 rings (SSSR count). The molecule has 1 aromatic heterocycles. The number of aryl methyl sites for hydroxylation is 1. The van der Waals surface area contributed by atoms with Crippen molar-refractivity contribution in [3.63, 3.8) is 0 Å². The van der Waals surface area contributed by atoms with Gasteiger partial charge in [0.1, 0.15) is 0 Å². The fourth-order valence-electron chi connectivity index (χ4n) is 2.13. The summed E-state index contributed by atoms with van der Waals surface area (Å²) in [5.41, 5.74) is 2.66. The van der Waals surface area contributed by atoms with E-state index in [9.17, 15) is 4.79 Å². The molecule has 0 radical (unpaired) electrons. The number of nitrogens with zero attached hydrogens (tertiary/aromatic N) is 2. The van der Waals surface area contributed by atoms with E-state index in [1.54, 1.807) is 6.07 Å². The first-order chi connectivity index (χ1) is 11.6. The van der Waals surface area contributed by atoms with E-state index < -0.39 is 0 Å². The number of rotatable bonds is 5. The molecule has 0 aliphatic carbocycles. The van der Waals surface area contributed by atoms with Gasteiger partial charge in [0.15, 0.2) is 5.82 Å². The molecule has 1 amide bonds. The first kappa shape index (κ1) is 16.5. The van der Waals surface area contributed by atoms with Crippen molar-refractivity contribution in [1.82, 2.24) is 15.2 Å². The van der Waals surface area contributed by atoms with Crippen LogP contribution < -0.4 is 5.32 Å². The highest BCUT2D eigenvalue weighted by molar-refractivity contribution is 7.99. The monoisotopic (exact) mass is 358 g/mol. The first-order valence-electron chi connectivity index (χ1n) is 7.28. The summed E-state index contributed by atoms with van der Waals surface area (Å²) in [6.07, 6.45) is 0. The summed E-state index contributed by atoms with van der Waals surface area (Å²) in [6.45, 7) is 1.98. The zero-order valence-electron chi connectivity index (χ0n) is 12.9. The molecule has 0 aliphatic rings. The summed E-state index contributed by atoms with van der Waals surface area (Å²) in [6, 6.07) is 15.1. The average molecular weight is 359 g/mol. The van der Waals surface area contributed by atoms with Crippen molar-refractivity contribution in [1.29, 1.82) is 0 Å². The number of hydrogen-bond acceptors (Lipinski definition) is 4. The van der Waals surface area contributed by atoms with E-state index in [2.05, 4.69) is 20.5 Å². The maximum atomic E-state index is 12.0. The zero-order chi connectivity index (χ0) is 16.9. The lowest BCUT2D eigenvalue weighted by Crippen LogP contribution is -2.14. The normalized spacial score (nSPS) is 10.6. The molecular weight excluding hydrogens is 344 g/mol. The Bertz CT molecular complexity index is 865. The molecule has 0 saturated heterocycles. The highest BCUT2D eigenvalue weighted by Crippen LogP contribution is 2.26. The molecule has 2 aromatic carbocycles. The number of carbonyl (C=O) groups is 1. The SMILES string of the molecule is Cc1cccc(NC(=O)CSc2n[nH]c(-c3ccccc3Cl)n2)c1. The molecule has 0 fully saturated rings. The summed E-state index contributed by atoms with van der Waals surface area (Å²) >= 11 is 7.40. The summed E-state index contributed by atoms with van der Waals surface area (Å²) in [5.74, 6) is 0.713.